The van der Waals surface area contributed by atoms with Gasteiger partial charge in [-0.1, -0.05) is 42.5 Å². The molecular weight excluding hydrogens is 434 g/mol. The Morgan fingerprint density at radius 1 is 1.19 bits per heavy atom. The van der Waals surface area contributed by atoms with Crippen LogP contribution in [0, 0.1) is 6.92 Å². The molecule has 0 saturated carbocycles. The minimum atomic E-state index is -4.45. The molecule has 2 heterocycles. The fourth-order valence-electron chi connectivity index (χ4n) is 4.11. The highest BCUT2D eigenvalue weighted by Crippen LogP contribution is 2.40. The largest absolute Gasteiger partial charge is 0.476 e. The number of carboxylic acid groups (broad SMARTS) is 1. The van der Waals surface area contributed by atoms with Crippen LogP contribution in [0.4, 0.5) is 0 Å². The normalized spacial score (nSPS) is 18.9. The van der Waals surface area contributed by atoms with Gasteiger partial charge in [-0.05, 0) is 37.0 Å². The molecule has 1 fully saturated rings. The zero-order valence-corrected chi connectivity index (χ0v) is 18.2. The van der Waals surface area contributed by atoms with Gasteiger partial charge in [-0.3, -0.25) is 9.69 Å². The molecule has 1 amide bonds. The van der Waals surface area contributed by atoms with Crippen molar-refractivity contribution in [1.82, 2.24) is 4.90 Å². The van der Waals surface area contributed by atoms with Crippen molar-refractivity contribution >= 4 is 22.0 Å². The SMILES string of the molecule is Cc1ccc(C(O)CCc2ccccc2)c(S(=O)(=O)OC2=C(C(=O)O)N3C(=O)CC3C2)c1. The molecule has 8 nitrogen and oxygen atoms in total. The van der Waals surface area contributed by atoms with Gasteiger partial charge in [0.25, 0.3) is 0 Å². The van der Waals surface area contributed by atoms with Crippen LogP contribution in [0.25, 0.3) is 0 Å². The van der Waals surface area contributed by atoms with Crippen LogP contribution in [0.2, 0.25) is 0 Å². The molecule has 0 aromatic heterocycles. The predicted molar refractivity (Wildman–Crippen MR) is 114 cm³/mol. The summed E-state index contributed by atoms with van der Waals surface area (Å²) < 4.78 is 31.6. The Balaban J connectivity index is 1.62. The standard InChI is InChI=1S/C23H23NO7S/c1-14-7-9-17(18(25)10-8-15-5-3-2-4-6-15)20(11-14)32(29,30)31-19-12-16-13-21(26)24(16)22(19)23(27)28/h2-7,9,11,16,18,25H,8,10,12-13H2,1H3,(H,27,28). The first kappa shape index (κ1) is 22.0. The van der Waals surface area contributed by atoms with Crippen LogP contribution in [0.15, 0.2) is 64.9 Å². The number of benzene rings is 2. The topological polar surface area (TPSA) is 121 Å². The number of rotatable bonds is 8. The molecule has 32 heavy (non-hydrogen) atoms. The number of carbonyl (C=O) groups is 2. The van der Waals surface area contributed by atoms with Gasteiger partial charge in [-0.15, -0.1) is 0 Å². The molecule has 2 aromatic rings. The molecule has 0 bridgehead atoms. The summed E-state index contributed by atoms with van der Waals surface area (Å²) in [6, 6.07) is 13.8. The molecule has 0 spiro atoms. The fraction of sp³-hybridized carbons (Fsp3) is 0.304. The number of hydrogen-bond acceptors (Lipinski definition) is 6. The van der Waals surface area contributed by atoms with Gasteiger partial charge in [0.1, 0.15) is 4.90 Å². The zero-order valence-electron chi connectivity index (χ0n) is 17.4. The minimum absolute atomic E-state index is 0.0182. The lowest BCUT2D eigenvalue weighted by molar-refractivity contribution is -0.147. The first-order valence-corrected chi connectivity index (χ1v) is 11.6. The average molecular weight is 458 g/mol. The summed E-state index contributed by atoms with van der Waals surface area (Å²) in [5.41, 5.74) is 1.40. The molecular formula is C23H23NO7S. The Labute approximate surface area is 185 Å². The van der Waals surface area contributed by atoms with E-state index in [9.17, 15) is 28.2 Å². The molecule has 2 atom stereocenters. The first-order chi connectivity index (χ1) is 15.2. The van der Waals surface area contributed by atoms with E-state index in [0.29, 0.717) is 18.4 Å². The summed E-state index contributed by atoms with van der Waals surface area (Å²) in [5.74, 6) is -2.06. The van der Waals surface area contributed by atoms with Crippen molar-refractivity contribution in [2.75, 3.05) is 0 Å². The monoisotopic (exact) mass is 457 g/mol. The third-order valence-corrected chi connectivity index (χ3v) is 7.04. The van der Waals surface area contributed by atoms with E-state index in [-0.39, 0.29) is 35.0 Å². The van der Waals surface area contributed by atoms with Gasteiger partial charge >= 0.3 is 16.1 Å². The molecule has 9 heteroatoms. The van der Waals surface area contributed by atoms with Crippen LogP contribution in [0.5, 0.6) is 0 Å². The Kier molecular flexibility index (Phi) is 5.79. The molecule has 4 rings (SSSR count). The maximum Gasteiger partial charge on any atom is 0.356 e. The molecule has 2 aliphatic heterocycles. The van der Waals surface area contributed by atoms with Crippen molar-refractivity contribution in [3.8, 4) is 0 Å². The second-order valence-electron chi connectivity index (χ2n) is 8.02. The number of fused-ring (bicyclic) bond motifs is 1. The molecule has 2 N–H and O–H groups in total. The van der Waals surface area contributed by atoms with Crippen molar-refractivity contribution in [2.45, 2.75) is 49.6 Å². The lowest BCUT2D eigenvalue weighted by Gasteiger charge is -2.34. The van der Waals surface area contributed by atoms with E-state index in [2.05, 4.69) is 0 Å². The second kappa shape index (κ2) is 8.40. The summed E-state index contributed by atoms with van der Waals surface area (Å²) in [4.78, 5) is 24.3. The number of aliphatic hydroxyl groups excluding tert-OH is 1. The maximum atomic E-state index is 13.2. The number of nitrogens with zero attached hydrogens (tertiary/aromatic N) is 1. The third kappa shape index (κ3) is 4.13. The van der Waals surface area contributed by atoms with Crippen LogP contribution in [-0.2, 0) is 30.3 Å². The molecule has 168 valence electrons. The number of hydrogen-bond donors (Lipinski definition) is 2. The highest BCUT2D eigenvalue weighted by molar-refractivity contribution is 7.87. The van der Waals surface area contributed by atoms with Crippen LogP contribution in [0.1, 0.15) is 42.1 Å². The number of amides is 1. The number of aryl methyl sites for hydroxylation is 2. The summed E-state index contributed by atoms with van der Waals surface area (Å²) in [6.45, 7) is 1.71. The van der Waals surface area contributed by atoms with Gasteiger partial charge < -0.3 is 14.4 Å². The number of β-lactam (4-membered cyclic amide) rings is 1. The lowest BCUT2D eigenvalue weighted by Crippen LogP contribution is -2.49. The Bertz CT molecular complexity index is 1200. The molecule has 0 aliphatic carbocycles. The second-order valence-corrected chi connectivity index (χ2v) is 9.54. The van der Waals surface area contributed by atoms with E-state index in [1.165, 1.54) is 6.07 Å². The van der Waals surface area contributed by atoms with E-state index in [1.807, 2.05) is 30.3 Å². The van der Waals surface area contributed by atoms with Gasteiger partial charge in [-0.25, -0.2) is 4.79 Å². The molecule has 1 saturated heterocycles. The van der Waals surface area contributed by atoms with E-state index in [0.717, 1.165) is 10.5 Å². The Hall–Kier alpha value is -3.17. The van der Waals surface area contributed by atoms with Crippen molar-refractivity contribution < 1.29 is 32.4 Å². The van der Waals surface area contributed by atoms with Crippen molar-refractivity contribution in [3.63, 3.8) is 0 Å². The summed E-state index contributed by atoms with van der Waals surface area (Å²) in [5, 5.41) is 20.3. The highest BCUT2D eigenvalue weighted by atomic mass is 32.2. The zero-order chi connectivity index (χ0) is 23.0. The Morgan fingerprint density at radius 2 is 1.91 bits per heavy atom. The minimum Gasteiger partial charge on any atom is -0.476 e. The predicted octanol–water partition coefficient (Wildman–Crippen LogP) is 2.67. The van der Waals surface area contributed by atoms with Gasteiger partial charge in [0, 0.05) is 18.4 Å². The van der Waals surface area contributed by atoms with Gasteiger partial charge in [-0.2, -0.15) is 8.42 Å². The van der Waals surface area contributed by atoms with E-state index >= 15 is 0 Å². The van der Waals surface area contributed by atoms with E-state index < -0.39 is 33.9 Å². The van der Waals surface area contributed by atoms with Crippen molar-refractivity contribution in [3.05, 3.63) is 76.7 Å². The highest BCUT2D eigenvalue weighted by Gasteiger charge is 2.49. The van der Waals surface area contributed by atoms with Crippen LogP contribution >= 0.6 is 0 Å². The van der Waals surface area contributed by atoms with Gasteiger partial charge in [0.2, 0.25) is 5.91 Å². The van der Waals surface area contributed by atoms with Crippen LogP contribution in [-0.4, -0.2) is 41.4 Å². The summed E-state index contributed by atoms with van der Waals surface area (Å²) in [7, 11) is -4.45. The maximum absolute atomic E-state index is 13.2. The van der Waals surface area contributed by atoms with Crippen LogP contribution in [0.3, 0.4) is 0 Å². The average Bonchev–Trinajstić information content (AvgIpc) is 3.04. The molecule has 2 unspecified atom stereocenters. The number of carbonyl (C=O) groups excluding carboxylic acids is 1. The number of carboxylic acids is 1. The fourth-order valence-corrected chi connectivity index (χ4v) is 5.43. The molecule has 2 aliphatic rings. The number of aliphatic hydroxyl groups is 1. The molecule has 0 radical (unpaired) electrons. The quantitative estimate of drug-likeness (QED) is 0.462. The summed E-state index contributed by atoms with van der Waals surface area (Å²) in [6.07, 6.45) is -0.0593. The third-order valence-electron chi connectivity index (χ3n) is 5.73. The lowest BCUT2D eigenvalue weighted by atomic mass is 10.0. The van der Waals surface area contributed by atoms with Gasteiger partial charge in [0.15, 0.2) is 11.5 Å². The van der Waals surface area contributed by atoms with E-state index in [1.54, 1.807) is 19.1 Å². The molecule has 2 aromatic carbocycles. The Morgan fingerprint density at radius 3 is 2.56 bits per heavy atom. The summed E-state index contributed by atoms with van der Waals surface area (Å²) >= 11 is 0. The first-order valence-electron chi connectivity index (χ1n) is 10.2. The number of aliphatic carboxylic acids is 1. The van der Waals surface area contributed by atoms with Crippen molar-refractivity contribution in [2.24, 2.45) is 0 Å². The smallest absolute Gasteiger partial charge is 0.356 e. The van der Waals surface area contributed by atoms with Crippen LogP contribution < -0.4 is 0 Å². The van der Waals surface area contributed by atoms with Gasteiger partial charge in [0.05, 0.1) is 12.1 Å². The van der Waals surface area contributed by atoms with E-state index in [4.69, 9.17) is 4.18 Å². The van der Waals surface area contributed by atoms with Crippen molar-refractivity contribution in [1.29, 1.82) is 0 Å².